The summed E-state index contributed by atoms with van der Waals surface area (Å²) in [5.41, 5.74) is 1.09. The van der Waals surface area contributed by atoms with Gasteiger partial charge in [-0.15, -0.1) is 20.4 Å². The third-order valence-corrected chi connectivity index (χ3v) is 8.55. The maximum atomic E-state index is 12.8. The van der Waals surface area contributed by atoms with Crippen molar-refractivity contribution in [3.8, 4) is 11.4 Å². The van der Waals surface area contributed by atoms with E-state index in [2.05, 4.69) is 47.0 Å². The van der Waals surface area contributed by atoms with Crippen LogP contribution in [0.3, 0.4) is 0 Å². The molecule has 0 unspecified atom stereocenters. The van der Waals surface area contributed by atoms with Crippen LogP contribution in [0, 0.1) is 0 Å². The van der Waals surface area contributed by atoms with Crippen molar-refractivity contribution in [2.75, 3.05) is 23.4 Å². The Bertz CT molecular complexity index is 1450. The van der Waals surface area contributed by atoms with E-state index in [1.54, 1.807) is 34.5 Å². The molecule has 0 aliphatic rings. The Balaban J connectivity index is 1.51. The number of carbonyl (C=O) groups is 2. The zero-order chi connectivity index (χ0) is 27.8. The quantitative estimate of drug-likeness (QED) is 0.144. The van der Waals surface area contributed by atoms with Gasteiger partial charge in [-0.3, -0.25) is 19.5 Å². The van der Waals surface area contributed by atoms with Crippen LogP contribution in [0.5, 0.6) is 5.75 Å². The number of hydrogen-bond donors (Lipinski definition) is 2. The van der Waals surface area contributed by atoms with Gasteiger partial charge < -0.3 is 10.1 Å². The Labute approximate surface area is 250 Å². The second-order valence-corrected chi connectivity index (χ2v) is 12.4. The fourth-order valence-corrected chi connectivity index (χ4v) is 6.28. The van der Waals surface area contributed by atoms with Gasteiger partial charge in [0.2, 0.25) is 11.0 Å². The van der Waals surface area contributed by atoms with Crippen LogP contribution < -0.4 is 15.4 Å². The van der Waals surface area contributed by atoms with Gasteiger partial charge in [-0.1, -0.05) is 69.3 Å². The molecular formula is C24H23BrClN7O3S3. The molecule has 10 nitrogen and oxygen atoms in total. The highest BCUT2D eigenvalue weighted by molar-refractivity contribution is 9.10. The highest BCUT2D eigenvalue weighted by Crippen LogP contribution is 2.27. The van der Waals surface area contributed by atoms with Gasteiger partial charge >= 0.3 is 0 Å². The monoisotopic (exact) mass is 667 g/mol. The minimum absolute atomic E-state index is 0.0744. The van der Waals surface area contributed by atoms with E-state index in [9.17, 15) is 9.59 Å². The first-order valence-corrected chi connectivity index (χ1v) is 15.6. The first-order valence-electron chi connectivity index (χ1n) is 11.7. The summed E-state index contributed by atoms with van der Waals surface area (Å²) >= 11 is 13.7. The number of rotatable bonds is 12. The van der Waals surface area contributed by atoms with E-state index in [-0.39, 0.29) is 24.1 Å². The largest absolute Gasteiger partial charge is 0.494 e. The van der Waals surface area contributed by atoms with Gasteiger partial charge in [-0.25, -0.2) is 0 Å². The predicted molar refractivity (Wildman–Crippen MR) is 159 cm³/mol. The summed E-state index contributed by atoms with van der Waals surface area (Å²) < 4.78 is 8.88. The number of halogens is 2. The number of nitrogens with zero attached hydrogens (tertiary/aromatic N) is 5. The highest BCUT2D eigenvalue weighted by Gasteiger charge is 2.19. The van der Waals surface area contributed by atoms with Crippen LogP contribution in [0.1, 0.15) is 30.0 Å². The number of benzene rings is 2. The van der Waals surface area contributed by atoms with E-state index in [4.69, 9.17) is 16.3 Å². The van der Waals surface area contributed by atoms with Gasteiger partial charge in [-0.2, -0.15) is 0 Å². The van der Waals surface area contributed by atoms with Gasteiger partial charge in [0.1, 0.15) is 5.75 Å². The Morgan fingerprint density at radius 2 is 1.87 bits per heavy atom. The van der Waals surface area contributed by atoms with E-state index in [0.717, 1.165) is 26.0 Å². The van der Waals surface area contributed by atoms with Crippen molar-refractivity contribution >= 4 is 79.3 Å². The van der Waals surface area contributed by atoms with Crippen LogP contribution in [-0.2, 0) is 11.3 Å². The zero-order valence-electron chi connectivity index (χ0n) is 20.8. The van der Waals surface area contributed by atoms with E-state index in [1.165, 1.54) is 23.1 Å². The number of anilines is 1. The van der Waals surface area contributed by atoms with Crippen LogP contribution in [0.2, 0.25) is 5.02 Å². The van der Waals surface area contributed by atoms with Gasteiger partial charge in [0.25, 0.3) is 5.91 Å². The van der Waals surface area contributed by atoms with Gasteiger partial charge in [-0.05, 0) is 55.1 Å². The second-order valence-electron chi connectivity index (χ2n) is 7.61. The number of thioether (sulfide) groups is 2. The van der Waals surface area contributed by atoms with Gasteiger partial charge in [0.05, 0.1) is 29.5 Å². The zero-order valence-corrected chi connectivity index (χ0v) is 25.6. The van der Waals surface area contributed by atoms with E-state index >= 15 is 0 Å². The van der Waals surface area contributed by atoms with Crippen molar-refractivity contribution in [1.82, 2.24) is 30.3 Å². The molecule has 0 atom stereocenters. The maximum absolute atomic E-state index is 12.8. The summed E-state index contributed by atoms with van der Waals surface area (Å²) in [5.74, 6) is 1.55. The molecule has 15 heteroatoms. The SMILES string of the molecule is CCOc1ccc(-n2c(CNC(=O)c3cc(Br)ccc3Cl)nnc2SCC(=O)Nc2nnc(SCC)s2)cc1. The molecular weight excluding hydrogens is 646 g/mol. The third kappa shape index (κ3) is 7.94. The summed E-state index contributed by atoms with van der Waals surface area (Å²) in [7, 11) is 0. The molecule has 0 bridgehead atoms. The number of amides is 2. The lowest BCUT2D eigenvalue weighted by Gasteiger charge is -2.12. The van der Waals surface area contributed by atoms with Crippen molar-refractivity contribution in [1.29, 1.82) is 0 Å². The second kappa shape index (κ2) is 14.1. The molecule has 204 valence electrons. The molecule has 0 aliphatic heterocycles. The van der Waals surface area contributed by atoms with Crippen LogP contribution in [0.25, 0.3) is 5.69 Å². The van der Waals surface area contributed by atoms with Crippen molar-refractivity contribution in [3.63, 3.8) is 0 Å². The lowest BCUT2D eigenvalue weighted by molar-refractivity contribution is -0.113. The number of ether oxygens (including phenoxy) is 1. The number of carbonyl (C=O) groups excluding carboxylic acids is 2. The van der Waals surface area contributed by atoms with E-state index in [0.29, 0.717) is 33.3 Å². The summed E-state index contributed by atoms with van der Waals surface area (Å²) in [4.78, 5) is 25.4. The molecule has 4 rings (SSSR count). The standard InChI is InChI=1S/C24H23BrClN7O3S3/c1-3-36-16-8-6-15(7-9-16)33-19(12-27-21(35)17-11-14(25)5-10-18(17)26)29-31-23(33)38-13-20(34)28-22-30-32-24(39-22)37-4-2/h5-11H,3-4,12-13H2,1-2H3,(H,27,35)(H,28,30,34). The molecule has 2 heterocycles. The van der Waals surface area contributed by atoms with Crippen molar-refractivity contribution in [3.05, 3.63) is 63.3 Å². The summed E-state index contributed by atoms with van der Waals surface area (Å²) in [6, 6.07) is 12.5. The minimum Gasteiger partial charge on any atom is -0.494 e. The summed E-state index contributed by atoms with van der Waals surface area (Å²) in [6.07, 6.45) is 0. The van der Waals surface area contributed by atoms with Gasteiger partial charge in [0, 0.05) is 10.2 Å². The minimum atomic E-state index is -0.353. The molecule has 0 saturated carbocycles. The Morgan fingerprint density at radius 3 is 2.62 bits per heavy atom. The molecule has 2 aromatic heterocycles. The topological polar surface area (TPSA) is 124 Å². The molecule has 0 spiro atoms. The number of nitrogens with one attached hydrogen (secondary N) is 2. The van der Waals surface area contributed by atoms with Crippen molar-refractivity contribution in [2.45, 2.75) is 29.9 Å². The molecule has 2 N–H and O–H groups in total. The molecule has 4 aromatic rings. The molecule has 0 fully saturated rings. The molecule has 2 amide bonds. The molecule has 39 heavy (non-hydrogen) atoms. The highest BCUT2D eigenvalue weighted by atomic mass is 79.9. The Hall–Kier alpha value is -2.65. The summed E-state index contributed by atoms with van der Waals surface area (Å²) in [5, 5.41) is 23.5. The first kappa shape index (κ1) is 29.3. The molecule has 0 saturated heterocycles. The predicted octanol–water partition coefficient (Wildman–Crippen LogP) is 5.71. The molecule has 0 radical (unpaired) electrons. The van der Waals surface area contributed by atoms with E-state index < -0.39 is 0 Å². The molecule has 2 aromatic carbocycles. The number of hydrogen-bond acceptors (Lipinski definition) is 10. The number of aromatic nitrogens is 5. The van der Waals surface area contributed by atoms with Crippen molar-refractivity contribution in [2.24, 2.45) is 0 Å². The Kier molecular flexibility index (Phi) is 10.6. The lowest BCUT2D eigenvalue weighted by Crippen LogP contribution is -2.25. The smallest absolute Gasteiger partial charge is 0.253 e. The maximum Gasteiger partial charge on any atom is 0.253 e. The van der Waals surface area contributed by atoms with Crippen LogP contribution in [0.15, 0.2) is 56.4 Å². The average molecular weight is 669 g/mol. The fourth-order valence-electron chi connectivity index (χ4n) is 3.28. The van der Waals surface area contributed by atoms with Crippen LogP contribution >= 0.6 is 62.4 Å². The lowest BCUT2D eigenvalue weighted by atomic mass is 10.2. The normalized spacial score (nSPS) is 10.9. The van der Waals surface area contributed by atoms with E-state index in [1.807, 2.05) is 38.1 Å². The average Bonchev–Trinajstić information content (AvgIpc) is 3.54. The Morgan fingerprint density at radius 1 is 1.08 bits per heavy atom. The van der Waals surface area contributed by atoms with Crippen LogP contribution in [-0.4, -0.2) is 54.9 Å². The third-order valence-electron chi connectivity index (χ3n) is 4.94. The van der Waals surface area contributed by atoms with Crippen molar-refractivity contribution < 1.29 is 14.3 Å². The summed E-state index contributed by atoms with van der Waals surface area (Å²) in [6.45, 7) is 4.57. The van der Waals surface area contributed by atoms with Crippen LogP contribution in [0.4, 0.5) is 5.13 Å². The fraction of sp³-hybridized carbons (Fsp3) is 0.250. The van der Waals surface area contributed by atoms with Gasteiger partial charge in [0.15, 0.2) is 15.3 Å². The first-order chi connectivity index (χ1) is 18.9. The molecule has 0 aliphatic carbocycles.